The van der Waals surface area contributed by atoms with Gasteiger partial charge in [-0.05, 0) is 61.4 Å². The van der Waals surface area contributed by atoms with E-state index in [1.54, 1.807) is 41.3 Å². The fourth-order valence-electron chi connectivity index (χ4n) is 7.14. The highest BCUT2D eigenvalue weighted by Gasteiger charge is 2.66. The lowest BCUT2D eigenvalue weighted by Gasteiger charge is -2.45. The molecule has 0 saturated carbocycles. The Morgan fingerprint density at radius 3 is 2.50 bits per heavy atom. The van der Waals surface area contributed by atoms with Crippen LogP contribution in [-0.4, -0.2) is 23.2 Å². The van der Waals surface area contributed by atoms with Crippen LogP contribution in [0.25, 0.3) is 0 Å². The molecule has 0 radical (unpaired) electrons. The molecule has 2 atom stereocenters. The quantitative estimate of drug-likeness (QED) is 0.415. The van der Waals surface area contributed by atoms with Crippen molar-refractivity contribution in [1.82, 2.24) is 0 Å². The number of rotatable bonds is 2. The van der Waals surface area contributed by atoms with Gasteiger partial charge in [0.1, 0.15) is 28.6 Å². The summed E-state index contributed by atoms with van der Waals surface area (Å²) in [6.45, 7) is 9.94. The second-order valence-corrected chi connectivity index (χ2v) is 12.7. The minimum Gasteiger partial charge on any atom is -0.444 e. The number of esters is 1. The molecular weight excluding hydrogens is 506 g/mol. The molecular formula is C32H31N3O5. The van der Waals surface area contributed by atoms with Gasteiger partial charge in [0.2, 0.25) is 11.8 Å². The maximum absolute atomic E-state index is 14.8. The van der Waals surface area contributed by atoms with E-state index in [9.17, 15) is 19.6 Å². The SMILES string of the molecule is C[C@@H]1CC(C)(C)N2C(=O)[C@]3(C(C#N)=C(N)OC4=C3C(=O)CC(C)(C)C4)c3cc(OC(=O)c4ccccc4)cc1c32. The highest BCUT2D eigenvalue weighted by molar-refractivity contribution is 6.21. The third-order valence-electron chi connectivity index (χ3n) is 8.60. The van der Waals surface area contributed by atoms with Gasteiger partial charge in [-0.2, -0.15) is 5.26 Å². The number of ketones is 1. The number of carbonyl (C=O) groups is 3. The van der Waals surface area contributed by atoms with Crippen LogP contribution in [0.3, 0.4) is 0 Å². The van der Waals surface area contributed by atoms with E-state index in [-0.39, 0.29) is 40.9 Å². The van der Waals surface area contributed by atoms with Gasteiger partial charge in [0, 0.05) is 23.9 Å². The van der Waals surface area contributed by atoms with Crippen molar-refractivity contribution < 1.29 is 23.9 Å². The Hall–Kier alpha value is -4.38. The Labute approximate surface area is 233 Å². The average molecular weight is 538 g/mol. The third-order valence-corrected chi connectivity index (χ3v) is 8.60. The summed E-state index contributed by atoms with van der Waals surface area (Å²) in [5, 5.41) is 10.4. The number of amides is 1. The molecule has 0 aromatic heterocycles. The Bertz CT molecular complexity index is 1630. The van der Waals surface area contributed by atoms with E-state index in [4.69, 9.17) is 15.2 Å². The number of anilines is 1. The smallest absolute Gasteiger partial charge is 0.343 e. The summed E-state index contributed by atoms with van der Waals surface area (Å²) in [4.78, 5) is 43.6. The molecule has 8 heteroatoms. The van der Waals surface area contributed by atoms with E-state index in [0.29, 0.717) is 35.4 Å². The number of hydrogen-bond donors (Lipinski definition) is 1. The van der Waals surface area contributed by atoms with Crippen molar-refractivity contribution >= 4 is 23.3 Å². The number of carbonyl (C=O) groups excluding carboxylic acids is 3. The van der Waals surface area contributed by atoms with E-state index < -0.39 is 28.2 Å². The first-order valence-corrected chi connectivity index (χ1v) is 13.5. The van der Waals surface area contributed by atoms with Gasteiger partial charge < -0.3 is 20.1 Å². The Morgan fingerprint density at radius 1 is 1.12 bits per heavy atom. The summed E-state index contributed by atoms with van der Waals surface area (Å²) in [5.41, 5.74) is 5.85. The summed E-state index contributed by atoms with van der Waals surface area (Å²) in [6, 6.07) is 14.2. The molecule has 0 fully saturated rings. The average Bonchev–Trinajstić information content (AvgIpc) is 3.11. The third kappa shape index (κ3) is 3.40. The predicted octanol–water partition coefficient (Wildman–Crippen LogP) is 5.14. The fourth-order valence-corrected chi connectivity index (χ4v) is 7.14. The van der Waals surface area contributed by atoms with Crippen molar-refractivity contribution in [1.29, 1.82) is 5.26 Å². The monoisotopic (exact) mass is 537 g/mol. The molecule has 6 rings (SSSR count). The molecule has 204 valence electrons. The molecule has 3 aliphatic heterocycles. The topological polar surface area (TPSA) is 123 Å². The Kier molecular flexibility index (Phi) is 5.38. The van der Waals surface area contributed by atoms with Crippen molar-refractivity contribution in [2.24, 2.45) is 11.1 Å². The van der Waals surface area contributed by atoms with Gasteiger partial charge in [-0.3, -0.25) is 9.59 Å². The highest BCUT2D eigenvalue weighted by atomic mass is 16.5. The molecule has 2 aromatic carbocycles. The zero-order valence-corrected chi connectivity index (χ0v) is 23.3. The zero-order valence-electron chi connectivity index (χ0n) is 23.3. The Balaban J connectivity index is 1.66. The first kappa shape index (κ1) is 25.9. The fraction of sp³-hybridized carbons (Fsp3) is 0.375. The van der Waals surface area contributed by atoms with Crippen molar-refractivity contribution in [3.8, 4) is 11.8 Å². The van der Waals surface area contributed by atoms with Crippen LogP contribution in [0.2, 0.25) is 0 Å². The number of benzene rings is 2. The normalized spacial score (nSPS) is 25.8. The van der Waals surface area contributed by atoms with Gasteiger partial charge in [0.25, 0.3) is 0 Å². The maximum Gasteiger partial charge on any atom is 0.343 e. The lowest BCUT2D eigenvalue weighted by Crippen LogP contribution is -2.56. The van der Waals surface area contributed by atoms with Gasteiger partial charge in [-0.15, -0.1) is 0 Å². The molecule has 1 amide bonds. The van der Waals surface area contributed by atoms with E-state index in [1.807, 2.05) is 33.8 Å². The molecule has 4 aliphatic rings. The number of nitrogens with two attached hydrogens (primary N) is 1. The largest absolute Gasteiger partial charge is 0.444 e. The molecule has 40 heavy (non-hydrogen) atoms. The van der Waals surface area contributed by atoms with Crippen LogP contribution < -0.4 is 15.4 Å². The standard InChI is InChI=1S/C32H31N3O5/c1-17-13-31(4,5)35-26-20(17)11-19(39-28(37)18-9-7-6-8-10-18)12-21(26)32(29(35)38)22(16-33)27(34)40-24-15-30(2,3)14-23(36)25(24)32/h6-12,17H,13-15,34H2,1-5H3/t17-,32+/m1/s1. The van der Waals surface area contributed by atoms with Crippen LogP contribution in [0.4, 0.5) is 5.69 Å². The second-order valence-electron chi connectivity index (χ2n) is 12.7. The molecule has 3 heterocycles. The van der Waals surface area contributed by atoms with Crippen LogP contribution in [0.15, 0.2) is 65.3 Å². The van der Waals surface area contributed by atoms with Crippen LogP contribution in [0, 0.1) is 16.7 Å². The predicted molar refractivity (Wildman–Crippen MR) is 147 cm³/mol. The van der Waals surface area contributed by atoms with Gasteiger partial charge in [-0.1, -0.05) is 39.0 Å². The van der Waals surface area contributed by atoms with E-state index in [1.165, 1.54) is 0 Å². The minimum atomic E-state index is -1.79. The first-order valence-electron chi connectivity index (χ1n) is 13.5. The van der Waals surface area contributed by atoms with E-state index >= 15 is 0 Å². The van der Waals surface area contributed by atoms with Crippen LogP contribution in [0.5, 0.6) is 5.75 Å². The number of hydrogen-bond acceptors (Lipinski definition) is 7. The molecule has 1 spiro atoms. The number of allylic oxidation sites excluding steroid dienone is 1. The molecule has 1 aliphatic carbocycles. The highest BCUT2D eigenvalue weighted by Crippen LogP contribution is 2.62. The summed E-state index contributed by atoms with van der Waals surface area (Å²) >= 11 is 0. The van der Waals surface area contributed by atoms with Crippen LogP contribution >= 0.6 is 0 Å². The zero-order chi connectivity index (χ0) is 28.8. The molecule has 0 saturated heterocycles. The van der Waals surface area contributed by atoms with E-state index in [0.717, 1.165) is 5.56 Å². The summed E-state index contributed by atoms with van der Waals surface area (Å²) in [6.07, 6.45) is 1.20. The number of nitriles is 1. The number of nitrogens with zero attached hydrogens (tertiary/aromatic N) is 2. The lowest BCUT2D eigenvalue weighted by molar-refractivity contribution is -0.126. The molecule has 8 nitrogen and oxygen atoms in total. The van der Waals surface area contributed by atoms with Crippen LogP contribution in [-0.2, 0) is 19.7 Å². The molecule has 0 bridgehead atoms. The Morgan fingerprint density at radius 2 is 1.82 bits per heavy atom. The van der Waals surface area contributed by atoms with Crippen molar-refractivity contribution in [3.63, 3.8) is 0 Å². The molecule has 2 N–H and O–H groups in total. The van der Waals surface area contributed by atoms with Crippen LogP contribution in [0.1, 0.15) is 81.3 Å². The van der Waals surface area contributed by atoms with Crippen molar-refractivity contribution in [2.45, 2.75) is 70.8 Å². The minimum absolute atomic E-state index is 0.000490. The summed E-state index contributed by atoms with van der Waals surface area (Å²) in [5.74, 6) is -0.856. The van der Waals surface area contributed by atoms with Gasteiger partial charge in [0.05, 0.1) is 16.8 Å². The number of fused-ring (bicyclic) bond motifs is 2. The summed E-state index contributed by atoms with van der Waals surface area (Å²) < 4.78 is 11.8. The number of ether oxygens (including phenoxy) is 2. The summed E-state index contributed by atoms with van der Waals surface area (Å²) in [7, 11) is 0. The van der Waals surface area contributed by atoms with Gasteiger partial charge in [-0.25, -0.2) is 4.79 Å². The first-order chi connectivity index (χ1) is 18.8. The lowest BCUT2D eigenvalue weighted by atomic mass is 9.62. The second kappa shape index (κ2) is 8.31. The molecule has 0 unspecified atom stereocenters. The van der Waals surface area contributed by atoms with Gasteiger partial charge in [0.15, 0.2) is 5.78 Å². The van der Waals surface area contributed by atoms with E-state index in [2.05, 4.69) is 13.0 Å². The number of Topliss-reactive ketones (excluding diaryl/α,β-unsaturated/α-hetero) is 1. The van der Waals surface area contributed by atoms with Gasteiger partial charge >= 0.3 is 5.97 Å². The van der Waals surface area contributed by atoms with Crippen molar-refractivity contribution in [3.05, 3.63) is 81.9 Å². The molecule has 2 aromatic rings. The van der Waals surface area contributed by atoms with Crippen molar-refractivity contribution in [2.75, 3.05) is 4.90 Å². The maximum atomic E-state index is 14.8.